The highest BCUT2D eigenvalue weighted by molar-refractivity contribution is 6.38. The Morgan fingerprint density at radius 2 is 1.16 bits per heavy atom. The van der Waals surface area contributed by atoms with Crippen LogP contribution in [0.25, 0.3) is 110 Å². The summed E-state index contributed by atoms with van der Waals surface area (Å²) in [4.78, 5) is 10.7. The molecule has 0 amide bonds. The second kappa shape index (κ2) is 9.00. The average molecular weight is 625 g/mol. The molecule has 12 rings (SSSR count). The second-order valence-corrected chi connectivity index (χ2v) is 12.9. The Morgan fingerprint density at radius 3 is 2.04 bits per heavy atom. The van der Waals surface area contributed by atoms with Crippen molar-refractivity contribution in [1.82, 2.24) is 18.9 Å². The van der Waals surface area contributed by atoms with Crippen LogP contribution >= 0.6 is 0 Å². The first-order chi connectivity index (χ1) is 24.3. The van der Waals surface area contributed by atoms with Crippen LogP contribution in [0.3, 0.4) is 0 Å². The molecule has 0 bridgehead atoms. The number of rotatable bonds is 2. The van der Waals surface area contributed by atoms with E-state index in [-0.39, 0.29) is 0 Å². The lowest BCUT2D eigenvalue weighted by atomic mass is 9.98. The maximum Gasteiger partial charge on any atom is 0.236 e. The lowest BCUT2D eigenvalue weighted by Gasteiger charge is -2.10. The van der Waals surface area contributed by atoms with Crippen molar-refractivity contribution in [2.24, 2.45) is 0 Å². The van der Waals surface area contributed by atoms with E-state index >= 15 is 0 Å². The monoisotopic (exact) mass is 624 g/mol. The minimum atomic E-state index is 0.621. The molecule has 0 N–H and O–H groups in total. The lowest BCUT2D eigenvalue weighted by Crippen LogP contribution is -2.02. The molecule has 0 spiro atoms. The number of furan rings is 1. The van der Waals surface area contributed by atoms with Gasteiger partial charge in [0.1, 0.15) is 16.8 Å². The molecule has 0 radical (unpaired) electrons. The fourth-order valence-corrected chi connectivity index (χ4v) is 8.46. The summed E-state index contributed by atoms with van der Waals surface area (Å²) in [5.74, 6) is 0.621. The summed E-state index contributed by atoms with van der Waals surface area (Å²) < 4.78 is 11.2. The molecule has 5 heteroatoms. The molecule has 0 unspecified atom stereocenters. The summed E-state index contributed by atoms with van der Waals surface area (Å²) in [6, 6.07) is 51.5. The van der Waals surface area contributed by atoms with E-state index in [0.717, 1.165) is 38.8 Å². The molecule has 0 fully saturated rings. The number of nitrogens with zero attached hydrogens (tertiary/aromatic N) is 4. The predicted molar refractivity (Wildman–Crippen MR) is 201 cm³/mol. The second-order valence-electron chi connectivity index (χ2n) is 12.9. The first-order valence-corrected chi connectivity index (χ1v) is 16.6. The molecule has 49 heavy (non-hydrogen) atoms. The standard InChI is InChI=1S/C44H24N4O/c1-2-13-26(14-3-1)40-43-41(30-18-8-11-21-36(30)49-43)46-44(45-40)48-33-20-10-7-17-29(33)38-35(48)24-31-28-16-6-9-19-32(28)47-34-23-22-25-12-4-5-15-27(25)37(34)39(38)42(31)47/h1-24H. The molecule has 0 saturated carbocycles. The zero-order valence-electron chi connectivity index (χ0n) is 26.1. The van der Waals surface area contributed by atoms with Crippen molar-refractivity contribution in [3.8, 4) is 17.2 Å². The van der Waals surface area contributed by atoms with Gasteiger partial charge in [0.15, 0.2) is 5.58 Å². The zero-order valence-corrected chi connectivity index (χ0v) is 26.1. The molecule has 7 aromatic carbocycles. The maximum atomic E-state index is 6.47. The Bertz CT molecular complexity index is 3330. The SMILES string of the molecule is c1ccc(-c2nc(-n3c4ccccc4c4c5c6c7ccccc7ccc6n6c7ccccc7c(cc43)c56)nc3c2oc2ccccc23)cc1. The van der Waals surface area contributed by atoms with Gasteiger partial charge in [-0.15, -0.1) is 0 Å². The summed E-state index contributed by atoms with van der Waals surface area (Å²) in [5.41, 5.74) is 9.91. The fourth-order valence-electron chi connectivity index (χ4n) is 8.46. The van der Waals surface area contributed by atoms with Gasteiger partial charge >= 0.3 is 0 Å². The summed E-state index contributed by atoms with van der Waals surface area (Å²) in [5, 5.41) is 10.9. The highest BCUT2D eigenvalue weighted by Gasteiger charge is 2.26. The molecule has 0 atom stereocenters. The molecule has 0 aliphatic carbocycles. The van der Waals surface area contributed by atoms with E-state index in [0.29, 0.717) is 11.5 Å². The van der Waals surface area contributed by atoms with Crippen molar-refractivity contribution in [2.45, 2.75) is 0 Å². The molecule has 0 aliphatic rings. The number of aromatic nitrogens is 4. The Balaban J connectivity index is 1.34. The molecule has 0 aliphatic heterocycles. The number of benzene rings is 7. The van der Waals surface area contributed by atoms with Crippen LogP contribution in [0.4, 0.5) is 0 Å². The Kier molecular flexibility index (Phi) is 4.66. The molecule has 5 aromatic heterocycles. The number of hydrogen-bond acceptors (Lipinski definition) is 3. The van der Waals surface area contributed by atoms with Gasteiger partial charge in [-0.25, -0.2) is 9.97 Å². The van der Waals surface area contributed by atoms with E-state index in [1.807, 2.05) is 36.4 Å². The smallest absolute Gasteiger partial charge is 0.236 e. The van der Waals surface area contributed by atoms with E-state index in [2.05, 4.69) is 118 Å². The topological polar surface area (TPSA) is 48.3 Å². The van der Waals surface area contributed by atoms with Gasteiger partial charge in [-0.05, 0) is 47.2 Å². The van der Waals surface area contributed by atoms with Crippen molar-refractivity contribution >= 4 is 92.7 Å². The van der Waals surface area contributed by atoms with Crippen LogP contribution in [-0.2, 0) is 0 Å². The van der Waals surface area contributed by atoms with Crippen LogP contribution in [0.2, 0.25) is 0 Å². The van der Waals surface area contributed by atoms with Crippen LogP contribution in [0, 0.1) is 0 Å². The fraction of sp³-hybridized carbons (Fsp3) is 0. The Labute approximate surface area is 278 Å². The van der Waals surface area contributed by atoms with Gasteiger partial charge in [0.2, 0.25) is 5.95 Å². The highest BCUT2D eigenvalue weighted by Crippen LogP contribution is 2.48. The third-order valence-corrected chi connectivity index (χ3v) is 10.4. The van der Waals surface area contributed by atoms with E-state index in [4.69, 9.17) is 14.4 Å². The van der Waals surface area contributed by atoms with Gasteiger partial charge in [-0.2, -0.15) is 0 Å². The maximum absolute atomic E-state index is 6.47. The van der Waals surface area contributed by atoms with E-state index in [1.54, 1.807) is 0 Å². The van der Waals surface area contributed by atoms with Crippen LogP contribution in [0.1, 0.15) is 0 Å². The molecule has 0 saturated heterocycles. The first kappa shape index (κ1) is 25.4. The van der Waals surface area contributed by atoms with Crippen molar-refractivity contribution in [3.63, 3.8) is 0 Å². The number of hydrogen-bond donors (Lipinski definition) is 0. The zero-order chi connectivity index (χ0) is 31.8. The Morgan fingerprint density at radius 1 is 0.469 bits per heavy atom. The predicted octanol–water partition coefficient (Wildman–Crippen LogP) is 11.4. The normalized spacial score (nSPS) is 12.5. The third-order valence-electron chi connectivity index (χ3n) is 10.4. The quantitative estimate of drug-likeness (QED) is 0.192. The first-order valence-electron chi connectivity index (χ1n) is 16.6. The van der Waals surface area contributed by atoms with Gasteiger partial charge in [0, 0.05) is 43.3 Å². The minimum absolute atomic E-state index is 0.621. The van der Waals surface area contributed by atoms with Gasteiger partial charge in [0.05, 0.1) is 27.6 Å². The van der Waals surface area contributed by atoms with Crippen molar-refractivity contribution in [1.29, 1.82) is 0 Å². The molecule has 226 valence electrons. The van der Waals surface area contributed by atoms with Crippen molar-refractivity contribution < 1.29 is 4.42 Å². The van der Waals surface area contributed by atoms with Gasteiger partial charge in [0.25, 0.3) is 0 Å². The summed E-state index contributed by atoms with van der Waals surface area (Å²) in [6.07, 6.45) is 0. The highest BCUT2D eigenvalue weighted by atomic mass is 16.3. The van der Waals surface area contributed by atoms with E-state index in [1.165, 1.54) is 59.6 Å². The van der Waals surface area contributed by atoms with Gasteiger partial charge < -0.3 is 8.82 Å². The van der Waals surface area contributed by atoms with Crippen LogP contribution in [0.15, 0.2) is 150 Å². The van der Waals surface area contributed by atoms with E-state index in [9.17, 15) is 0 Å². The summed E-state index contributed by atoms with van der Waals surface area (Å²) in [6.45, 7) is 0. The molecule has 5 nitrogen and oxygen atoms in total. The van der Waals surface area contributed by atoms with Crippen molar-refractivity contribution in [2.75, 3.05) is 0 Å². The van der Waals surface area contributed by atoms with Gasteiger partial charge in [-0.3, -0.25) is 4.57 Å². The number of fused-ring (bicyclic) bond motifs is 15. The molecule has 5 heterocycles. The number of para-hydroxylation sites is 3. The molecular weight excluding hydrogens is 601 g/mol. The van der Waals surface area contributed by atoms with Crippen LogP contribution < -0.4 is 0 Å². The summed E-state index contributed by atoms with van der Waals surface area (Å²) >= 11 is 0. The van der Waals surface area contributed by atoms with E-state index < -0.39 is 0 Å². The average Bonchev–Trinajstić information content (AvgIpc) is 3.90. The molecule has 12 aromatic rings. The third kappa shape index (κ3) is 3.15. The van der Waals surface area contributed by atoms with Gasteiger partial charge in [-0.1, -0.05) is 109 Å². The van der Waals surface area contributed by atoms with Crippen LogP contribution in [-0.4, -0.2) is 18.9 Å². The van der Waals surface area contributed by atoms with Crippen molar-refractivity contribution in [3.05, 3.63) is 146 Å². The molecular formula is C44H24N4O. The lowest BCUT2D eigenvalue weighted by molar-refractivity contribution is 0.666. The minimum Gasteiger partial charge on any atom is -0.452 e. The Hall–Kier alpha value is -6.72. The summed E-state index contributed by atoms with van der Waals surface area (Å²) in [7, 11) is 0. The largest absolute Gasteiger partial charge is 0.452 e. The van der Waals surface area contributed by atoms with Crippen LogP contribution in [0.5, 0.6) is 0 Å².